The molecule has 2 N–H and O–H groups in total. The van der Waals surface area contributed by atoms with Crippen molar-refractivity contribution in [1.82, 2.24) is 4.90 Å². The molecule has 0 atom stereocenters. The number of carbonyl (C=O) groups excluding carboxylic acids is 2. The van der Waals surface area contributed by atoms with Crippen LogP contribution in [0.25, 0.3) is 0 Å². The molecule has 1 heterocycles. The van der Waals surface area contributed by atoms with Gasteiger partial charge in [0.2, 0.25) is 5.91 Å². The standard InChI is InChI=1S/C23H25N3O2S/c1-16-7-6-8-18(13-16)24-23(28)19-9-4-5-10-20(19)25-22(27)15-26(3)14-21-17(2)11-12-29-21/h4-13H,14-15H2,1-3H3,(H,24,28)(H,25,27). The van der Waals surface area contributed by atoms with E-state index in [1.54, 1.807) is 35.6 Å². The Morgan fingerprint density at radius 1 is 1.00 bits per heavy atom. The van der Waals surface area contributed by atoms with Gasteiger partial charge in [-0.15, -0.1) is 11.3 Å². The Kier molecular flexibility index (Phi) is 6.80. The Morgan fingerprint density at radius 3 is 2.52 bits per heavy atom. The number of benzene rings is 2. The summed E-state index contributed by atoms with van der Waals surface area (Å²) in [5.41, 5.74) is 3.96. The van der Waals surface area contributed by atoms with E-state index in [0.29, 0.717) is 17.8 Å². The number of aryl methyl sites for hydroxylation is 2. The van der Waals surface area contributed by atoms with Crippen molar-refractivity contribution >= 4 is 34.5 Å². The van der Waals surface area contributed by atoms with Crippen molar-refractivity contribution in [3.63, 3.8) is 0 Å². The van der Waals surface area contributed by atoms with Crippen LogP contribution in [0.3, 0.4) is 0 Å². The number of nitrogens with zero attached hydrogens (tertiary/aromatic N) is 1. The highest BCUT2D eigenvalue weighted by Crippen LogP contribution is 2.19. The van der Waals surface area contributed by atoms with Crippen LogP contribution < -0.4 is 10.6 Å². The summed E-state index contributed by atoms with van der Waals surface area (Å²) in [6.07, 6.45) is 0. The highest BCUT2D eigenvalue weighted by molar-refractivity contribution is 7.10. The minimum Gasteiger partial charge on any atom is -0.324 e. The molecule has 5 nitrogen and oxygen atoms in total. The van der Waals surface area contributed by atoms with Crippen LogP contribution in [0.1, 0.15) is 26.4 Å². The Labute approximate surface area is 175 Å². The first-order valence-corrected chi connectivity index (χ1v) is 10.3. The lowest BCUT2D eigenvalue weighted by Gasteiger charge is -2.17. The van der Waals surface area contributed by atoms with Gasteiger partial charge in [0.1, 0.15) is 0 Å². The molecule has 150 valence electrons. The fourth-order valence-corrected chi connectivity index (χ4v) is 4.00. The number of likely N-dealkylation sites (N-methyl/N-ethyl adjacent to an activating group) is 1. The Morgan fingerprint density at radius 2 is 1.79 bits per heavy atom. The SMILES string of the molecule is Cc1cccc(NC(=O)c2ccccc2NC(=O)CN(C)Cc2sccc2C)c1. The van der Waals surface area contributed by atoms with Crippen LogP contribution in [0, 0.1) is 13.8 Å². The molecule has 0 aliphatic rings. The predicted octanol–water partition coefficient (Wildman–Crippen LogP) is 4.69. The minimum absolute atomic E-state index is 0.155. The smallest absolute Gasteiger partial charge is 0.257 e. The van der Waals surface area contributed by atoms with Crippen LogP contribution in [0.5, 0.6) is 0 Å². The molecule has 0 aliphatic carbocycles. The van der Waals surface area contributed by atoms with Gasteiger partial charge < -0.3 is 10.6 Å². The molecule has 29 heavy (non-hydrogen) atoms. The normalized spacial score (nSPS) is 10.8. The van der Waals surface area contributed by atoms with Crippen molar-refractivity contribution in [3.05, 3.63) is 81.5 Å². The third-order valence-corrected chi connectivity index (χ3v) is 5.52. The van der Waals surface area contributed by atoms with Gasteiger partial charge in [0.05, 0.1) is 17.8 Å². The summed E-state index contributed by atoms with van der Waals surface area (Å²) in [4.78, 5) is 28.5. The molecule has 0 saturated heterocycles. The van der Waals surface area contributed by atoms with Gasteiger partial charge in [-0.25, -0.2) is 0 Å². The topological polar surface area (TPSA) is 61.4 Å². The van der Waals surface area contributed by atoms with E-state index in [2.05, 4.69) is 29.0 Å². The third kappa shape index (κ3) is 5.76. The number of hydrogen-bond donors (Lipinski definition) is 2. The van der Waals surface area contributed by atoms with Crippen molar-refractivity contribution in [2.75, 3.05) is 24.2 Å². The van der Waals surface area contributed by atoms with E-state index >= 15 is 0 Å². The Balaban J connectivity index is 1.64. The lowest BCUT2D eigenvalue weighted by Crippen LogP contribution is -2.30. The van der Waals surface area contributed by atoms with Gasteiger partial charge in [-0.3, -0.25) is 14.5 Å². The molecule has 0 unspecified atom stereocenters. The van der Waals surface area contributed by atoms with Crippen molar-refractivity contribution < 1.29 is 9.59 Å². The summed E-state index contributed by atoms with van der Waals surface area (Å²) >= 11 is 1.69. The van der Waals surface area contributed by atoms with Crippen molar-refractivity contribution in [2.24, 2.45) is 0 Å². The van der Waals surface area contributed by atoms with Gasteiger partial charge in [0, 0.05) is 17.1 Å². The number of hydrogen-bond acceptors (Lipinski definition) is 4. The van der Waals surface area contributed by atoms with E-state index < -0.39 is 0 Å². The predicted molar refractivity (Wildman–Crippen MR) is 120 cm³/mol. The van der Waals surface area contributed by atoms with Crippen molar-refractivity contribution in [3.8, 4) is 0 Å². The maximum absolute atomic E-state index is 12.7. The second-order valence-electron chi connectivity index (χ2n) is 7.12. The monoisotopic (exact) mass is 407 g/mol. The van der Waals surface area contributed by atoms with Crippen molar-refractivity contribution in [1.29, 1.82) is 0 Å². The molecule has 0 aliphatic heterocycles. The van der Waals surface area contributed by atoms with Crippen LogP contribution in [0.15, 0.2) is 60.0 Å². The van der Waals surface area contributed by atoms with Gasteiger partial charge in [-0.05, 0) is 67.7 Å². The van der Waals surface area contributed by atoms with Gasteiger partial charge in [0.25, 0.3) is 5.91 Å². The molecule has 2 aromatic carbocycles. The van der Waals surface area contributed by atoms with Gasteiger partial charge >= 0.3 is 0 Å². The molecule has 3 aromatic rings. The lowest BCUT2D eigenvalue weighted by atomic mass is 10.1. The summed E-state index contributed by atoms with van der Waals surface area (Å²) in [6.45, 7) is 5.00. The van der Waals surface area contributed by atoms with E-state index in [9.17, 15) is 9.59 Å². The van der Waals surface area contributed by atoms with E-state index in [1.165, 1.54) is 10.4 Å². The molecule has 0 radical (unpaired) electrons. The highest BCUT2D eigenvalue weighted by Gasteiger charge is 2.15. The van der Waals surface area contributed by atoms with Gasteiger partial charge in [-0.2, -0.15) is 0 Å². The first-order valence-electron chi connectivity index (χ1n) is 9.41. The summed E-state index contributed by atoms with van der Waals surface area (Å²) in [7, 11) is 1.91. The fraction of sp³-hybridized carbons (Fsp3) is 0.217. The summed E-state index contributed by atoms with van der Waals surface area (Å²) in [5, 5.41) is 7.82. The third-order valence-electron chi connectivity index (χ3n) is 4.52. The molecule has 0 saturated carbocycles. The molecule has 0 fully saturated rings. The fourth-order valence-electron chi connectivity index (χ4n) is 3.01. The van der Waals surface area contributed by atoms with E-state index in [4.69, 9.17) is 0 Å². The Bertz CT molecular complexity index is 1010. The first-order chi connectivity index (χ1) is 13.9. The molecule has 0 spiro atoms. The summed E-state index contributed by atoms with van der Waals surface area (Å²) in [6, 6.07) is 16.7. The number of carbonyl (C=O) groups is 2. The number of para-hydroxylation sites is 1. The van der Waals surface area contributed by atoms with Crippen LogP contribution in [-0.2, 0) is 11.3 Å². The number of nitrogens with one attached hydrogen (secondary N) is 2. The van der Waals surface area contributed by atoms with Crippen LogP contribution in [0.2, 0.25) is 0 Å². The summed E-state index contributed by atoms with van der Waals surface area (Å²) < 4.78 is 0. The number of anilines is 2. The molecular formula is C23H25N3O2S. The number of amides is 2. The van der Waals surface area contributed by atoms with Gasteiger partial charge in [0.15, 0.2) is 0 Å². The number of thiophene rings is 1. The maximum atomic E-state index is 12.7. The zero-order valence-electron chi connectivity index (χ0n) is 16.9. The van der Waals surface area contributed by atoms with Crippen LogP contribution in [-0.4, -0.2) is 30.3 Å². The molecule has 2 amide bonds. The average Bonchev–Trinajstić information content (AvgIpc) is 3.06. The zero-order valence-corrected chi connectivity index (χ0v) is 17.7. The van der Waals surface area contributed by atoms with E-state index in [-0.39, 0.29) is 18.4 Å². The second-order valence-corrected chi connectivity index (χ2v) is 8.12. The molecule has 6 heteroatoms. The highest BCUT2D eigenvalue weighted by atomic mass is 32.1. The van der Waals surface area contributed by atoms with E-state index in [0.717, 1.165) is 11.3 Å². The van der Waals surface area contributed by atoms with E-state index in [1.807, 2.05) is 43.1 Å². The summed E-state index contributed by atoms with van der Waals surface area (Å²) in [5.74, 6) is -0.411. The van der Waals surface area contributed by atoms with Crippen molar-refractivity contribution in [2.45, 2.75) is 20.4 Å². The number of rotatable bonds is 7. The zero-order chi connectivity index (χ0) is 20.8. The maximum Gasteiger partial charge on any atom is 0.257 e. The average molecular weight is 408 g/mol. The molecule has 1 aromatic heterocycles. The largest absolute Gasteiger partial charge is 0.324 e. The molecule has 0 bridgehead atoms. The lowest BCUT2D eigenvalue weighted by molar-refractivity contribution is -0.117. The van der Waals surface area contributed by atoms with Gasteiger partial charge in [-0.1, -0.05) is 24.3 Å². The molecular weight excluding hydrogens is 382 g/mol. The van der Waals surface area contributed by atoms with Crippen LogP contribution >= 0.6 is 11.3 Å². The Hall–Kier alpha value is -2.96. The molecule has 3 rings (SSSR count). The quantitative estimate of drug-likeness (QED) is 0.597. The van der Waals surface area contributed by atoms with Crippen LogP contribution in [0.4, 0.5) is 11.4 Å². The first kappa shape index (κ1) is 20.8. The second kappa shape index (κ2) is 9.49. The minimum atomic E-state index is -0.255.